The summed E-state index contributed by atoms with van der Waals surface area (Å²) in [5.74, 6) is -0.380. The van der Waals surface area contributed by atoms with Crippen LogP contribution in [0.15, 0.2) is 18.2 Å². The van der Waals surface area contributed by atoms with Crippen molar-refractivity contribution in [1.82, 2.24) is 0 Å². The molecule has 3 heteroatoms. The molecule has 66 valence electrons. The summed E-state index contributed by atoms with van der Waals surface area (Å²) >= 11 is 5.51. The van der Waals surface area contributed by atoms with E-state index < -0.39 is 0 Å². The number of halogens is 2. The van der Waals surface area contributed by atoms with E-state index in [1.54, 1.807) is 12.1 Å². The first-order chi connectivity index (χ1) is 5.59. The van der Waals surface area contributed by atoms with E-state index in [9.17, 15) is 4.39 Å². The van der Waals surface area contributed by atoms with Gasteiger partial charge in [0.15, 0.2) is 0 Å². The van der Waals surface area contributed by atoms with Crippen LogP contribution in [0.25, 0.3) is 0 Å². The lowest BCUT2D eigenvalue weighted by molar-refractivity contribution is 0.623. The molecule has 0 spiro atoms. The third-order valence-corrected chi connectivity index (χ3v) is 1.85. The van der Waals surface area contributed by atoms with Gasteiger partial charge < -0.3 is 5.73 Å². The molecule has 1 rings (SSSR count). The molecule has 0 aliphatic heterocycles. The quantitative estimate of drug-likeness (QED) is 0.756. The van der Waals surface area contributed by atoms with Gasteiger partial charge in [-0.25, -0.2) is 4.39 Å². The monoisotopic (exact) mass is 187 g/mol. The van der Waals surface area contributed by atoms with E-state index in [0.29, 0.717) is 6.42 Å². The predicted molar refractivity (Wildman–Crippen MR) is 48.8 cm³/mol. The molecule has 0 fully saturated rings. The fraction of sp³-hybridized carbons (Fsp3) is 0.333. The predicted octanol–water partition coefficient (Wildman–Crippen LogP) is 2.37. The Hall–Kier alpha value is -0.600. The number of rotatable bonds is 2. The lowest BCUT2D eigenvalue weighted by Crippen LogP contribution is -2.17. The fourth-order valence-electron chi connectivity index (χ4n) is 1.04. The summed E-state index contributed by atoms with van der Waals surface area (Å²) in [6.45, 7) is 1.88. The molecular weight excluding hydrogens is 177 g/mol. The number of hydrogen-bond donors (Lipinski definition) is 1. The summed E-state index contributed by atoms with van der Waals surface area (Å²) in [5.41, 5.74) is 6.44. The molecule has 0 aromatic heterocycles. The smallest absolute Gasteiger partial charge is 0.142 e. The standard InChI is InChI=1S/C9H11ClFN/c1-6(12)4-7-2-3-8(10)9(11)5-7/h2-3,5-6H,4,12H2,1H3/t6-/m1/s1. The molecule has 1 nitrogen and oxygen atoms in total. The summed E-state index contributed by atoms with van der Waals surface area (Å²) in [6.07, 6.45) is 0.675. The van der Waals surface area contributed by atoms with Crippen molar-refractivity contribution in [1.29, 1.82) is 0 Å². The van der Waals surface area contributed by atoms with Crippen LogP contribution in [0.4, 0.5) is 4.39 Å². The van der Waals surface area contributed by atoms with Crippen LogP contribution in [-0.2, 0) is 6.42 Å². The van der Waals surface area contributed by atoms with Gasteiger partial charge in [-0.1, -0.05) is 17.7 Å². The third-order valence-electron chi connectivity index (χ3n) is 1.54. The molecule has 0 amide bonds. The Bertz CT molecular complexity index is 273. The van der Waals surface area contributed by atoms with Gasteiger partial charge in [0.2, 0.25) is 0 Å². The Kier molecular flexibility index (Phi) is 3.06. The van der Waals surface area contributed by atoms with Crippen LogP contribution in [-0.4, -0.2) is 6.04 Å². The average Bonchev–Trinajstić information content (AvgIpc) is 1.96. The first-order valence-electron chi connectivity index (χ1n) is 3.79. The van der Waals surface area contributed by atoms with Crippen LogP contribution < -0.4 is 5.73 Å². The van der Waals surface area contributed by atoms with Crippen molar-refractivity contribution in [2.45, 2.75) is 19.4 Å². The van der Waals surface area contributed by atoms with Crippen molar-refractivity contribution in [2.75, 3.05) is 0 Å². The Morgan fingerprint density at radius 3 is 2.75 bits per heavy atom. The van der Waals surface area contributed by atoms with Crippen molar-refractivity contribution in [3.8, 4) is 0 Å². The second kappa shape index (κ2) is 3.87. The molecular formula is C9H11ClFN. The highest BCUT2D eigenvalue weighted by Gasteiger charge is 2.02. The number of hydrogen-bond acceptors (Lipinski definition) is 1. The molecule has 2 N–H and O–H groups in total. The Morgan fingerprint density at radius 1 is 1.58 bits per heavy atom. The Morgan fingerprint density at radius 2 is 2.25 bits per heavy atom. The second-order valence-electron chi connectivity index (χ2n) is 2.93. The van der Waals surface area contributed by atoms with Gasteiger partial charge in [-0.2, -0.15) is 0 Å². The zero-order valence-corrected chi connectivity index (χ0v) is 7.61. The first-order valence-corrected chi connectivity index (χ1v) is 4.17. The van der Waals surface area contributed by atoms with Crippen LogP contribution in [0.3, 0.4) is 0 Å². The van der Waals surface area contributed by atoms with E-state index in [2.05, 4.69) is 0 Å². The van der Waals surface area contributed by atoms with Crippen molar-refractivity contribution in [2.24, 2.45) is 5.73 Å². The first kappa shape index (κ1) is 9.49. The molecule has 0 saturated carbocycles. The van der Waals surface area contributed by atoms with Gasteiger partial charge in [0.1, 0.15) is 5.82 Å². The molecule has 0 aliphatic rings. The zero-order valence-electron chi connectivity index (χ0n) is 6.85. The van der Waals surface area contributed by atoms with Crippen LogP contribution in [0.1, 0.15) is 12.5 Å². The molecule has 0 bridgehead atoms. The van der Waals surface area contributed by atoms with Crippen LogP contribution in [0, 0.1) is 5.82 Å². The van der Waals surface area contributed by atoms with Crippen LogP contribution >= 0.6 is 11.6 Å². The van der Waals surface area contributed by atoms with E-state index in [-0.39, 0.29) is 16.9 Å². The number of nitrogens with two attached hydrogens (primary N) is 1. The maximum absolute atomic E-state index is 12.9. The lowest BCUT2D eigenvalue weighted by Gasteiger charge is -2.05. The van der Waals surface area contributed by atoms with Crippen molar-refractivity contribution < 1.29 is 4.39 Å². The lowest BCUT2D eigenvalue weighted by atomic mass is 10.1. The van der Waals surface area contributed by atoms with Gasteiger partial charge >= 0.3 is 0 Å². The Labute approximate surface area is 76.3 Å². The van der Waals surface area contributed by atoms with Crippen molar-refractivity contribution in [3.05, 3.63) is 34.6 Å². The maximum Gasteiger partial charge on any atom is 0.142 e. The van der Waals surface area contributed by atoms with Gasteiger partial charge in [-0.3, -0.25) is 0 Å². The average molecular weight is 188 g/mol. The molecule has 0 unspecified atom stereocenters. The fourth-order valence-corrected chi connectivity index (χ4v) is 1.16. The Balaban J connectivity index is 2.82. The van der Waals surface area contributed by atoms with Crippen LogP contribution in [0.5, 0.6) is 0 Å². The molecule has 1 aromatic carbocycles. The van der Waals surface area contributed by atoms with Crippen LogP contribution in [0.2, 0.25) is 5.02 Å². The van der Waals surface area contributed by atoms with E-state index in [0.717, 1.165) is 5.56 Å². The van der Waals surface area contributed by atoms with Crippen molar-refractivity contribution >= 4 is 11.6 Å². The summed E-state index contributed by atoms with van der Waals surface area (Å²) < 4.78 is 12.9. The van der Waals surface area contributed by atoms with Gasteiger partial charge in [0.05, 0.1) is 5.02 Å². The summed E-state index contributed by atoms with van der Waals surface area (Å²) in [6, 6.07) is 4.81. The minimum absolute atomic E-state index is 0.0468. The topological polar surface area (TPSA) is 26.0 Å². The van der Waals surface area contributed by atoms with E-state index in [1.807, 2.05) is 6.92 Å². The van der Waals surface area contributed by atoms with E-state index in [1.165, 1.54) is 6.07 Å². The highest BCUT2D eigenvalue weighted by molar-refractivity contribution is 6.30. The largest absolute Gasteiger partial charge is 0.328 e. The summed E-state index contributed by atoms with van der Waals surface area (Å²) in [5, 5.41) is 0.156. The molecule has 0 aliphatic carbocycles. The van der Waals surface area contributed by atoms with Gasteiger partial charge in [0, 0.05) is 6.04 Å². The molecule has 0 heterocycles. The minimum Gasteiger partial charge on any atom is -0.328 e. The molecule has 1 atom stereocenters. The van der Waals surface area contributed by atoms with Gasteiger partial charge in [-0.15, -0.1) is 0 Å². The zero-order chi connectivity index (χ0) is 9.14. The SMILES string of the molecule is C[C@@H](N)Cc1ccc(Cl)c(F)c1. The molecule has 0 saturated heterocycles. The minimum atomic E-state index is -0.380. The molecule has 1 aromatic rings. The summed E-state index contributed by atoms with van der Waals surface area (Å²) in [7, 11) is 0. The maximum atomic E-state index is 12.9. The van der Waals surface area contributed by atoms with Gasteiger partial charge in [-0.05, 0) is 31.0 Å². The summed E-state index contributed by atoms with van der Waals surface area (Å²) in [4.78, 5) is 0. The third kappa shape index (κ3) is 2.47. The molecule has 12 heavy (non-hydrogen) atoms. The molecule has 0 radical (unpaired) electrons. The second-order valence-corrected chi connectivity index (χ2v) is 3.34. The van der Waals surface area contributed by atoms with Crippen molar-refractivity contribution in [3.63, 3.8) is 0 Å². The van der Waals surface area contributed by atoms with Gasteiger partial charge in [0.25, 0.3) is 0 Å². The number of benzene rings is 1. The van der Waals surface area contributed by atoms with E-state index >= 15 is 0 Å². The highest BCUT2D eigenvalue weighted by Crippen LogP contribution is 2.16. The normalized spacial score (nSPS) is 13.0. The highest BCUT2D eigenvalue weighted by atomic mass is 35.5. The van der Waals surface area contributed by atoms with E-state index in [4.69, 9.17) is 17.3 Å².